The molecule has 0 bridgehead atoms. The molecule has 0 atom stereocenters. The average Bonchev–Trinajstić information content (AvgIpc) is 2.53. The molecule has 0 aliphatic carbocycles. The van der Waals surface area contributed by atoms with Crippen LogP contribution in [0.3, 0.4) is 0 Å². The average molecular weight is 322 g/mol. The van der Waals surface area contributed by atoms with Gasteiger partial charge in [0, 0.05) is 12.2 Å². The summed E-state index contributed by atoms with van der Waals surface area (Å²) in [5.74, 6) is 0.507. The Morgan fingerprint density at radius 3 is 2.50 bits per heavy atom. The molecule has 3 N–H and O–H groups in total. The van der Waals surface area contributed by atoms with Crippen LogP contribution in [0.25, 0.3) is 0 Å². The Balaban J connectivity index is 2.30. The second-order valence-electron chi connectivity index (χ2n) is 4.48. The van der Waals surface area contributed by atoms with Crippen LogP contribution in [-0.4, -0.2) is 33.8 Å². The smallest absolute Gasteiger partial charge is 0.261 e. The van der Waals surface area contributed by atoms with Crippen molar-refractivity contribution in [3.63, 3.8) is 0 Å². The van der Waals surface area contributed by atoms with Crippen LogP contribution in [0.15, 0.2) is 53.4 Å². The number of benzene rings is 2. The molecule has 0 unspecified atom stereocenters. The van der Waals surface area contributed by atoms with Gasteiger partial charge in [0.15, 0.2) is 0 Å². The van der Waals surface area contributed by atoms with E-state index in [9.17, 15) is 8.42 Å². The van der Waals surface area contributed by atoms with Crippen molar-refractivity contribution in [2.24, 2.45) is 0 Å². The summed E-state index contributed by atoms with van der Waals surface area (Å²) in [5.41, 5.74) is 0.996. The van der Waals surface area contributed by atoms with Crippen LogP contribution in [0.5, 0.6) is 5.75 Å². The summed E-state index contributed by atoms with van der Waals surface area (Å²) in [6.07, 6.45) is 0. The lowest BCUT2D eigenvalue weighted by Gasteiger charge is -2.13. The molecule has 6 nitrogen and oxygen atoms in total. The van der Waals surface area contributed by atoms with Crippen LogP contribution in [0, 0.1) is 0 Å². The molecule has 0 heterocycles. The summed E-state index contributed by atoms with van der Waals surface area (Å²) in [6.45, 7) is 0.231. The minimum atomic E-state index is -3.69. The van der Waals surface area contributed by atoms with E-state index in [1.807, 2.05) is 6.07 Å². The molecule has 0 fully saturated rings. The van der Waals surface area contributed by atoms with Crippen molar-refractivity contribution in [3.05, 3.63) is 48.5 Å². The largest absolute Gasteiger partial charge is 0.495 e. The maximum absolute atomic E-state index is 12.4. The standard InChI is InChI=1S/C15H18N2O4S/c1-21-15-8-7-13(11-14(15)16-9-10-18)22(19,20)17-12-5-3-2-4-6-12/h2-8,11,16-18H,9-10H2,1H3. The minimum absolute atomic E-state index is 0.0671. The minimum Gasteiger partial charge on any atom is -0.495 e. The lowest BCUT2D eigenvalue weighted by molar-refractivity contribution is 0.311. The lowest BCUT2D eigenvalue weighted by atomic mass is 10.3. The van der Waals surface area contributed by atoms with E-state index in [2.05, 4.69) is 10.0 Å². The molecular formula is C15H18N2O4S. The summed E-state index contributed by atoms with van der Waals surface area (Å²) in [4.78, 5) is 0.109. The summed E-state index contributed by atoms with van der Waals surface area (Å²) in [5, 5.41) is 11.8. The van der Waals surface area contributed by atoms with Crippen LogP contribution >= 0.6 is 0 Å². The highest BCUT2D eigenvalue weighted by Gasteiger charge is 2.16. The number of para-hydroxylation sites is 1. The summed E-state index contributed by atoms with van der Waals surface area (Å²) in [7, 11) is -2.20. The van der Waals surface area contributed by atoms with Crippen molar-refractivity contribution >= 4 is 21.4 Å². The highest BCUT2D eigenvalue weighted by Crippen LogP contribution is 2.28. The maximum Gasteiger partial charge on any atom is 0.261 e. The summed E-state index contributed by atoms with van der Waals surface area (Å²) in [6, 6.07) is 13.2. The first-order chi connectivity index (χ1) is 10.6. The van der Waals surface area contributed by atoms with Crippen LogP contribution in [-0.2, 0) is 10.0 Å². The van der Waals surface area contributed by atoms with Crippen molar-refractivity contribution in [2.45, 2.75) is 4.90 Å². The summed E-state index contributed by atoms with van der Waals surface area (Å²) < 4.78 is 32.5. The molecule has 0 spiro atoms. The van der Waals surface area contributed by atoms with Gasteiger partial charge in [-0.05, 0) is 30.3 Å². The van der Waals surface area contributed by atoms with E-state index < -0.39 is 10.0 Å². The molecule has 118 valence electrons. The number of rotatable bonds is 7. The van der Waals surface area contributed by atoms with Crippen molar-refractivity contribution in [3.8, 4) is 5.75 Å². The number of hydrogen-bond donors (Lipinski definition) is 3. The van der Waals surface area contributed by atoms with E-state index in [1.165, 1.54) is 19.2 Å². The number of aliphatic hydroxyl groups excluding tert-OH is 1. The Hall–Kier alpha value is -2.25. The van der Waals surface area contributed by atoms with Crippen LogP contribution < -0.4 is 14.8 Å². The maximum atomic E-state index is 12.4. The highest BCUT2D eigenvalue weighted by atomic mass is 32.2. The summed E-state index contributed by atoms with van der Waals surface area (Å²) >= 11 is 0. The molecule has 2 aromatic carbocycles. The van der Waals surface area contributed by atoms with Gasteiger partial charge < -0.3 is 15.2 Å². The van der Waals surface area contributed by atoms with Crippen molar-refractivity contribution in [2.75, 3.05) is 30.3 Å². The van der Waals surface area contributed by atoms with Gasteiger partial charge in [-0.15, -0.1) is 0 Å². The Labute approximate surface area is 129 Å². The van der Waals surface area contributed by atoms with Crippen LogP contribution in [0.4, 0.5) is 11.4 Å². The monoisotopic (exact) mass is 322 g/mol. The number of methoxy groups -OCH3 is 1. The molecular weight excluding hydrogens is 304 g/mol. The number of sulfonamides is 1. The predicted octanol–water partition coefficient (Wildman–Crippen LogP) is 1.90. The Morgan fingerprint density at radius 2 is 1.86 bits per heavy atom. The van der Waals surface area contributed by atoms with E-state index in [0.29, 0.717) is 23.7 Å². The fourth-order valence-corrected chi connectivity index (χ4v) is 2.99. The van der Waals surface area contributed by atoms with Gasteiger partial charge in [-0.25, -0.2) is 8.42 Å². The Morgan fingerprint density at radius 1 is 1.14 bits per heavy atom. The Kier molecular flexibility index (Phi) is 5.24. The lowest BCUT2D eigenvalue weighted by Crippen LogP contribution is -2.14. The van der Waals surface area contributed by atoms with Crippen molar-refractivity contribution < 1.29 is 18.3 Å². The van der Waals surface area contributed by atoms with Crippen LogP contribution in [0.1, 0.15) is 0 Å². The highest BCUT2D eigenvalue weighted by molar-refractivity contribution is 7.92. The normalized spacial score (nSPS) is 11.0. The van der Waals surface area contributed by atoms with E-state index in [4.69, 9.17) is 9.84 Å². The van der Waals surface area contributed by atoms with E-state index in [1.54, 1.807) is 30.3 Å². The van der Waals surface area contributed by atoms with Gasteiger partial charge in [0.05, 0.1) is 24.3 Å². The quantitative estimate of drug-likeness (QED) is 0.725. The van der Waals surface area contributed by atoms with E-state index in [0.717, 1.165) is 0 Å². The van der Waals surface area contributed by atoms with Crippen molar-refractivity contribution in [1.29, 1.82) is 0 Å². The molecule has 0 radical (unpaired) electrons. The molecule has 2 aromatic rings. The third-order valence-electron chi connectivity index (χ3n) is 2.93. The molecule has 2 rings (SSSR count). The van der Waals surface area contributed by atoms with E-state index >= 15 is 0 Å². The zero-order valence-electron chi connectivity index (χ0n) is 12.1. The number of aliphatic hydroxyl groups is 1. The zero-order valence-corrected chi connectivity index (χ0v) is 12.9. The number of ether oxygens (including phenoxy) is 1. The second kappa shape index (κ2) is 7.15. The zero-order chi connectivity index (χ0) is 16.0. The predicted molar refractivity (Wildman–Crippen MR) is 85.8 cm³/mol. The number of nitrogens with one attached hydrogen (secondary N) is 2. The topological polar surface area (TPSA) is 87.7 Å². The molecule has 0 aliphatic heterocycles. The van der Waals surface area contributed by atoms with Gasteiger partial charge in [-0.3, -0.25) is 4.72 Å². The molecule has 22 heavy (non-hydrogen) atoms. The Bertz CT molecular complexity index is 718. The van der Waals surface area contributed by atoms with Gasteiger partial charge in [-0.1, -0.05) is 18.2 Å². The number of hydrogen-bond acceptors (Lipinski definition) is 5. The molecule has 0 aliphatic rings. The first kappa shape index (κ1) is 16.1. The SMILES string of the molecule is COc1ccc(S(=O)(=O)Nc2ccccc2)cc1NCCO. The third-order valence-corrected chi connectivity index (χ3v) is 4.31. The molecule has 0 amide bonds. The molecule has 0 saturated heterocycles. The van der Waals surface area contributed by atoms with Crippen LogP contribution in [0.2, 0.25) is 0 Å². The fraction of sp³-hybridized carbons (Fsp3) is 0.200. The molecule has 7 heteroatoms. The van der Waals surface area contributed by atoms with E-state index in [-0.39, 0.29) is 11.5 Å². The third kappa shape index (κ3) is 3.90. The molecule has 0 aromatic heterocycles. The molecule has 0 saturated carbocycles. The van der Waals surface area contributed by atoms with Gasteiger partial charge in [0.25, 0.3) is 10.0 Å². The first-order valence-electron chi connectivity index (χ1n) is 6.67. The van der Waals surface area contributed by atoms with Gasteiger partial charge in [-0.2, -0.15) is 0 Å². The second-order valence-corrected chi connectivity index (χ2v) is 6.17. The van der Waals surface area contributed by atoms with Gasteiger partial charge >= 0.3 is 0 Å². The van der Waals surface area contributed by atoms with Gasteiger partial charge in [0.1, 0.15) is 5.75 Å². The number of anilines is 2. The van der Waals surface area contributed by atoms with Gasteiger partial charge in [0.2, 0.25) is 0 Å². The first-order valence-corrected chi connectivity index (χ1v) is 8.16. The van der Waals surface area contributed by atoms with Crippen molar-refractivity contribution in [1.82, 2.24) is 0 Å². The fourth-order valence-electron chi connectivity index (χ4n) is 1.90.